The van der Waals surface area contributed by atoms with E-state index in [4.69, 9.17) is 0 Å². The molecular formula is C23H34O. The van der Waals surface area contributed by atoms with Crippen LogP contribution in [0.4, 0.5) is 0 Å². The van der Waals surface area contributed by atoms with Crippen molar-refractivity contribution in [3.8, 4) is 0 Å². The van der Waals surface area contributed by atoms with E-state index in [9.17, 15) is 4.79 Å². The fourth-order valence-corrected chi connectivity index (χ4v) is 4.50. The molecule has 0 radical (unpaired) electrons. The summed E-state index contributed by atoms with van der Waals surface area (Å²) in [6.07, 6.45) is 16.0. The predicted octanol–water partition coefficient (Wildman–Crippen LogP) is 6.41. The van der Waals surface area contributed by atoms with Crippen LogP contribution in [0.2, 0.25) is 0 Å². The molecule has 1 heteroatoms. The van der Waals surface area contributed by atoms with E-state index in [-0.39, 0.29) is 0 Å². The van der Waals surface area contributed by atoms with Gasteiger partial charge in [-0.25, -0.2) is 0 Å². The van der Waals surface area contributed by atoms with Gasteiger partial charge in [-0.05, 0) is 74.7 Å². The molecule has 0 aromatic heterocycles. The normalized spacial score (nSPS) is 34.9. The topological polar surface area (TPSA) is 17.1 Å². The van der Waals surface area contributed by atoms with Gasteiger partial charge in [0.15, 0.2) is 5.78 Å². The van der Waals surface area contributed by atoms with Crippen LogP contribution >= 0.6 is 0 Å². The highest BCUT2D eigenvalue weighted by atomic mass is 16.1. The third kappa shape index (κ3) is 4.29. The Bertz CT molecular complexity index is 585. The third-order valence-electron chi connectivity index (χ3n) is 6.57. The molecule has 0 aromatic rings. The first-order chi connectivity index (χ1) is 11.4. The van der Waals surface area contributed by atoms with Crippen LogP contribution in [-0.4, -0.2) is 5.78 Å². The van der Waals surface area contributed by atoms with Gasteiger partial charge in [-0.1, -0.05) is 56.1 Å². The first-order valence-electron chi connectivity index (χ1n) is 9.97. The van der Waals surface area contributed by atoms with Gasteiger partial charge in [0.1, 0.15) is 0 Å². The molecule has 24 heavy (non-hydrogen) atoms. The first kappa shape index (κ1) is 17.7. The van der Waals surface area contributed by atoms with Crippen LogP contribution in [0, 0.1) is 23.2 Å². The van der Waals surface area contributed by atoms with E-state index in [2.05, 4.69) is 39.8 Å². The number of allylic oxidation sites excluding steroid dienone is 6. The lowest BCUT2D eigenvalue weighted by Crippen LogP contribution is -2.18. The lowest BCUT2D eigenvalue weighted by Gasteiger charge is -2.30. The van der Waals surface area contributed by atoms with Crippen molar-refractivity contribution < 1.29 is 4.79 Å². The van der Waals surface area contributed by atoms with Crippen molar-refractivity contribution in [1.82, 2.24) is 0 Å². The summed E-state index contributed by atoms with van der Waals surface area (Å²) in [5, 5.41) is 0. The SMILES string of the molecule is CC1=C(C2CCCC(C)/C=C/C(=O)C2)CC(C)C(CC2(C)CC2)=C1. The van der Waals surface area contributed by atoms with Crippen LogP contribution in [0.3, 0.4) is 0 Å². The zero-order chi connectivity index (χ0) is 17.3. The minimum absolute atomic E-state index is 0.321. The molecular weight excluding hydrogens is 292 g/mol. The van der Waals surface area contributed by atoms with Gasteiger partial charge in [0.05, 0.1) is 0 Å². The Morgan fingerprint density at radius 1 is 1.17 bits per heavy atom. The Labute approximate surface area is 148 Å². The maximum absolute atomic E-state index is 12.3. The molecule has 1 nitrogen and oxygen atoms in total. The highest BCUT2D eigenvalue weighted by Crippen LogP contribution is 2.52. The molecule has 3 aliphatic rings. The van der Waals surface area contributed by atoms with E-state index >= 15 is 0 Å². The van der Waals surface area contributed by atoms with E-state index < -0.39 is 0 Å². The Hall–Kier alpha value is -1.11. The molecule has 1 fully saturated rings. The van der Waals surface area contributed by atoms with Crippen LogP contribution in [0.15, 0.2) is 34.9 Å². The zero-order valence-corrected chi connectivity index (χ0v) is 16.0. The van der Waals surface area contributed by atoms with Crippen molar-refractivity contribution >= 4 is 5.78 Å². The van der Waals surface area contributed by atoms with E-state index in [1.165, 1.54) is 50.5 Å². The van der Waals surface area contributed by atoms with E-state index in [1.54, 1.807) is 11.1 Å². The number of ketones is 1. The number of carbonyl (C=O) groups is 1. The number of carbonyl (C=O) groups excluding carboxylic acids is 1. The van der Waals surface area contributed by atoms with Crippen LogP contribution in [0.1, 0.15) is 79.1 Å². The molecule has 0 saturated heterocycles. The summed E-state index contributed by atoms with van der Waals surface area (Å²) in [4.78, 5) is 12.3. The zero-order valence-electron chi connectivity index (χ0n) is 16.0. The Kier molecular flexibility index (Phi) is 5.18. The molecule has 0 spiro atoms. The molecule has 3 atom stereocenters. The van der Waals surface area contributed by atoms with Gasteiger partial charge in [0.25, 0.3) is 0 Å². The summed E-state index contributed by atoms with van der Waals surface area (Å²) in [5.74, 6) is 1.98. The molecule has 3 aliphatic carbocycles. The van der Waals surface area contributed by atoms with Crippen molar-refractivity contribution in [3.05, 3.63) is 34.9 Å². The Morgan fingerprint density at radius 3 is 2.62 bits per heavy atom. The Morgan fingerprint density at radius 2 is 1.92 bits per heavy atom. The Balaban J connectivity index is 1.77. The fraction of sp³-hybridized carbons (Fsp3) is 0.696. The lowest BCUT2D eigenvalue weighted by molar-refractivity contribution is -0.115. The molecule has 0 aliphatic heterocycles. The van der Waals surface area contributed by atoms with Crippen LogP contribution in [0.5, 0.6) is 0 Å². The summed E-state index contributed by atoms with van der Waals surface area (Å²) in [7, 11) is 0. The minimum atomic E-state index is 0.321. The van der Waals surface area contributed by atoms with Crippen molar-refractivity contribution in [2.24, 2.45) is 23.2 Å². The van der Waals surface area contributed by atoms with Gasteiger partial charge >= 0.3 is 0 Å². The average molecular weight is 327 g/mol. The van der Waals surface area contributed by atoms with Gasteiger partial charge in [0.2, 0.25) is 0 Å². The summed E-state index contributed by atoms with van der Waals surface area (Å²) in [6, 6.07) is 0. The molecule has 0 N–H and O–H groups in total. The molecule has 1 saturated carbocycles. The first-order valence-corrected chi connectivity index (χ1v) is 9.97. The van der Waals surface area contributed by atoms with Gasteiger partial charge < -0.3 is 0 Å². The monoisotopic (exact) mass is 326 g/mol. The van der Waals surface area contributed by atoms with Crippen molar-refractivity contribution in [1.29, 1.82) is 0 Å². The third-order valence-corrected chi connectivity index (χ3v) is 6.57. The lowest BCUT2D eigenvalue weighted by atomic mass is 9.74. The summed E-state index contributed by atoms with van der Waals surface area (Å²) < 4.78 is 0. The minimum Gasteiger partial charge on any atom is -0.295 e. The smallest absolute Gasteiger partial charge is 0.155 e. The molecule has 132 valence electrons. The van der Waals surface area contributed by atoms with Crippen LogP contribution in [0.25, 0.3) is 0 Å². The predicted molar refractivity (Wildman–Crippen MR) is 102 cm³/mol. The molecule has 0 bridgehead atoms. The van der Waals surface area contributed by atoms with Crippen LogP contribution in [-0.2, 0) is 4.79 Å². The van der Waals surface area contributed by atoms with Crippen molar-refractivity contribution in [2.45, 2.75) is 79.1 Å². The molecule has 3 rings (SSSR count). The summed E-state index contributed by atoms with van der Waals surface area (Å²) in [5.41, 5.74) is 5.27. The summed E-state index contributed by atoms with van der Waals surface area (Å²) >= 11 is 0. The quantitative estimate of drug-likeness (QED) is 0.585. The van der Waals surface area contributed by atoms with Crippen molar-refractivity contribution in [2.75, 3.05) is 0 Å². The molecule has 0 amide bonds. The van der Waals surface area contributed by atoms with Gasteiger partial charge in [0, 0.05) is 6.42 Å². The molecule has 0 heterocycles. The standard InChI is InChI=1S/C23H34O/c1-16-6-5-7-19(14-21(24)9-8-16)22-13-17(2)20(12-18(22)3)15-23(4)10-11-23/h8-9,12,16-17,19H,5-7,10-11,13-15H2,1-4H3/b9-8+. The highest BCUT2D eigenvalue weighted by molar-refractivity contribution is 5.90. The van der Waals surface area contributed by atoms with E-state index in [0.717, 1.165) is 0 Å². The largest absolute Gasteiger partial charge is 0.295 e. The number of hydrogen-bond acceptors (Lipinski definition) is 1. The number of hydrogen-bond donors (Lipinski definition) is 0. The maximum atomic E-state index is 12.3. The van der Waals surface area contributed by atoms with Crippen molar-refractivity contribution in [3.63, 3.8) is 0 Å². The number of rotatable bonds is 3. The highest BCUT2D eigenvalue weighted by Gasteiger charge is 2.39. The fourth-order valence-electron chi connectivity index (χ4n) is 4.50. The average Bonchev–Trinajstić information content (AvgIpc) is 3.23. The van der Waals surface area contributed by atoms with Crippen LogP contribution < -0.4 is 0 Å². The second-order valence-electron chi connectivity index (χ2n) is 9.15. The second kappa shape index (κ2) is 7.02. The van der Waals surface area contributed by atoms with Gasteiger partial charge in [-0.2, -0.15) is 0 Å². The van der Waals surface area contributed by atoms with E-state index in [1.807, 2.05) is 6.08 Å². The molecule has 0 aromatic carbocycles. The second-order valence-corrected chi connectivity index (χ2v) is 9.15. The van der Waals surface area contributed by atoms with Gasteiger partial charge in [-0.3, -0.25) is 4.79 Å². The van der Waals surface area contributed by atoms with Gasteiger partial charge in [-0.15, -0.1) is 0 Å². The molecule has 3 unspecified atom stereocenters. The summed E-state index contributed by atoms with van der Waals surface area (Å²) in [6.45, 7) is 9.33. The maximum Gasteiger partial charge on any atom is 0.155 e. The van der Waals surface area contributed by atoms with E-state index in [0.29, 0.717) is 35.4 Å².